The van der Waals surface area contributed by atoms with Gasteiger partial charge in [-0.2, -0.15) is 0 Å². The number of carbonyl (C=O) groups is 1. The van der Waals surface area contributed by atoms with E-state index in [1.165, 1.54) is 17.9 Å². The number of benzene rings is 1. The van der Waals surface area contributed by atoms with Gasteiger partial charge in [0.1, 0.15) is 22.8 Å². The number of fused-ring (bicyclic) bond motifs is 1. The average Bonchev–Trinajstić information content (AvgIpc) is 3.02. The number of methoxy groups -OCH3 is 1. The van der Waals surface area contributed by atoms with Crippen LogP contribution in [0, 0.1) is 0 Å². The molecule has 0 aliphatic rings. The summed E-state index contributed by atoms with van der Waals surface area (Å²) in [7, 11) is 2.94. The Labute approximate surface area is 133 Å². The lowest BCUT2D eigenvalue weighted by molar-refractivity contribution is 0.0602. The van der Waals surface area contributed by atoms with Crippen molar-refractivity contribution in [3.8, 4) is 0 Å². The SMILES string of the molecule is COC(=O)c1coc2c(C(C)c3ccccc3)cn(C)c(=O)c12. The zero-order valence-corrected chi connectivity index (χ0v) is 13.2. The van der Waals surface area contributed by atoms with Crippen molar-refractivity contribution in [2.24, 2.45) is 7.05 Å². The zero-order valence-electron chi connectivity index (χ0n) is 13.2. The topological polar surface area (TPSA) is 61.4 Å². The molecule has 1 unspecified atom stereocenters. The molecule has 0 saturated carbocycles. The highest BCUT2D eigenvalue weighted by Crippen LogP contribution is 2.31. The van der Waals surface area contributed by atoms with E-state index in [1.807, 2.05) is 37.3 Å². The van der Waals surface area contributed by atoms with Crippen LogP contribution in [0.2, 0.25) is 0 Å². The lowest BCUT2D eigenvalue weighted by Gasteiger charge is -2.14. The number of esters is 1. The summed E-state index contributed by atoms with van der Waals surface area (Å²) in [6.45, 7) is 2.04. The molecule has 0 aliphatic heterocycles. The summed E-state index contributed by atoms with van der Waals surface area (Å²) in [5, 5.41) is 0.264. The highest BCUT2D eigenvalue weighted by Gasteiger charge is 2.23. The van der Waals surface area contributed by atoms with E-state index in [9.17, 15) is 9.59 Å². The lowest BCUT2D eigenvalue weighted by atomic mass is 9.93. The quantitative estimate of drug-likeness (QED) is 0.697. The van der Waals surface area contributed by atoms with Gasteiger partial charge >= 0.3 is 5.97 Å². The number of furan rings is 1. The lowest BCUT2D eigenvalue weighted by Crippen LogP contribution is -2.19. The van der Waals surface area contributed by atoms with E-state index >= 15 is 0 Å². The summed E-state index contributed by atoms with van der Waals surface area (Å²) >= 11 is 0. The Kier molecular flexibility index (Phi) is 3.78. The monoisotopic (exact) mass is 311 g/mol. The first-order chi connectivity index (χ1) is 11.0. The molecule has 5 heteroatoms. The fourth-order valence-electron chi connectivity index (χ4n) is 2.77. The Morgan fingerprint density at radius 1 is 1.26 bits per heavy atom. The number of carbonyl (C=O) groups excluding carboxylic acids is 1. The van der Waals surface area contributed by atoms with Crippen LogP contribution in [0.5, 0.6) is 0 Å². The number of aromatic nitrogens is 1. The predicted octanol–water partition coefficient (Wildman–Crippen LogP) is 3.07. The molecule has 0 amide bonds. The van der Waals surface area contributed by atoms with Gasteiger partial charge in [0, 0.05) is 24.7 Å². The van der Waals surface area contributed by atoms with Crippen LogP contribution < -0.4 is 5.56 Å². The van der Waals surface area contributed by atoms with Gasteiger partial charge in [0.05, 0.1) is 7.11 Å². The maximum Gasteiger partial charge on any atom is 0.341 e. The van der Waals surface area contributed by atoms with Gasteiger partial charge in [-0.1, -0.05) is 37.3 Å². The van der Waals surface area contributed by atoms with Crippen molar-refractivity contribution in [3.05, 3.63) is 69.8 Å². The van der Waals surface area contributed by atoms with Gasteiger partial charge in [0.2, 0.25) is 0 Å². The molecular weight excluding hydrogens is 294 g/mol. The molecule has 0 fully saturated rings. The van der Waals surface area contributed by atoms with Crippen LogP contribution in [0.1, 0.15) is 34.3 Å². The number of hydrogen-bond acceptors (Lipinski definition) is 4. The van der Waals surface area contributed by atoms with Gasteiger partial charge in [0.15, 0.2) is 0 Å². The molecular formula is C18H17NO4. The smallest absolute Gasteiger partial charge is 0.341 e. The summed E-state index contributed by atoms with van der Waals surface area (Å²) in [4.78, 5) is 24.3. The van der Waals surface area contributed by atoms with Crippen molar-refractivity contribution in [1.82, 2.24) is 4.57 Å². The average molecular weight is 311 g/mol. The molecule has 2 aromatic heterocycles. The molecule has 0 radical (unpaired) electrons. The molecule has 1 atom stereocenters. The molecule has 1 aromatic carbocycles. The first-order valence-corrected chi connectivity index (χ1v) is 7.28. The molecule has 0 N–H and O–H groups in total. The maximum atomic E-state index is 12.4. The third-order valence-corrected chi connectivity index (χ3v) is 4.09. The molecule has 3 rings (SSSR count). The zero-order chi connectivity index (χ0) is 16.6. The molecule has 0 aliphatic carbocycles. The molecule has 0 saturated heterocycles. The second-order valence-corrected chi connectivity index (χ2v) is 5.48. The fourth-order valence-corrected chi connectivity index (χ4v) is 2.77. The second-order valence-electron chi connectivity index (χ2n) is 5.48. The van der Waals surface area contributed by atoms with Crippen molar-refractivity contribution >= 4 is 16.9 Å². The van der Waals surface area contributed by atoms with Gasteiger partial charge in [-0.15, -0.1) is 0 Å². The minimum atomic E-state index is -0.578. The minimum Gasteiger partial charge on any atom is -0.465 e. The molecule has 2 heterocycles. The van der Waals surface area contributed by atoms with Gasteiger partial charge in [-0.3, -0.25) is 4.79 Å². The maximum absolute atomic E-state index is 12.4. The van der Waals surface area contributed by atoms with E-state index in [1.54, 1.807) is 13.2 Å². The summed E-state index contributed by atoms with van der Waals surface area (Å²) < 4.78 is 11.8. The normalized spacial score (nSPS) is 12.3. The summed E-state index contributed by atoms with van der Waals surface area (Å²) in [6, 6.07) is 9.92. The van der Waals surface area contributed by atoms with Crippen molar-refractivity contribution in [3.63, 3.8) is 0 Å². The van der Waals surface area contributed by atoms with Crippen LogP contribution >= 0.6 is 0 Å². The summed E-state index contributed by atoms with van der Waals surface area (Å²) in [5.74, 6) is -0.562. The Balaban J connectivity index is 2.27. The molecule has 5 nitrogen and oxygen atoms in total. The van der Waals surface area contributed by atoms with Gasteiger partial charge in [0.25, 0.3) is 5.56 Å². The highest BCUT2D eigenvalue weighted by atomic mass is 16.5. The second kappa shape index (κ2) is 5.76. The van der Waals surface area contributed by atoms with Crippen molar-refractivity contribution in [1.29, 1.82) is 0 Å². The summed E-state index contributed by atoms with van der Waals surface area (Å²) in [5.41, 5.74) is 2.26. The highest BCUT2D eigenvalue weighted by molar-refractivity contribution is 6.03. The predicted molar refractivity (Wildman–Crippen MR) is 86.8 cm³/mol. The van der Waals surface area contributed by atoms with Gasteiger partial charge in [-0.05, 0) is 5.56 Å². The fraction of sp³-hybridized carbons (Fsp3) is 0.222. The molecule has 3 aromatic rings. The first kappa shape index (κ1) is 15.1. The van der Waals surface area contributed by atoms with E-state index in [0.717, 1.165) is 11.1 Å². The van der Waals surface area contributed by atoms with Crippen molar-refractivity contribution < 1.29 is 13.9 Å². The first-order valence-electron chi connectivity index (χ1n) is 7.28. The largest absolute Gasteiger partial charge is 0.465 e. The number of rotatable bonds is 3. The van der Waals surface area contributed by atoms with Crippen LogP contribution in [0.4, 0.5) is 0 Å². The van der Waals surface area contributed by atoms with Crippen molar-refractivity contribution in [2.75, 3.05) is 7.11 Å². The van der Waals surface area contributed by atoms with Crippen molar-refractivity contribution in [2.45, 2.75) is 12.8 Å². The van der Waals surface area contributed by atoms with E-state index in [0.29, 0.717) is 5.58 Å². The van der Waals surface area contributed by atoms with Crippen LogP contribution in [0.25, 0.3) is 11.0 Å². The third kappa shape index (κ3) is 2.44. The van der Waals surface area contributed by atoms with E-state index < -0.39 is 5.97 Å². The number of aryl methyl sites for hydroxylation is 1. The molecule has 0 spiro atoms. The Morgan fingerprint density at radius 2 is 1.96 bits per heavy atom. The Bertz CT molecular complexity index is 921. The minimum absolute atomic E-state index is 0.0159. The molecule has 23 heavy (non-hydrogen) atoms. The Morgan fingerprint density at radius 3 is 2.61 bits per heavy atom. The summed E-state index contributed by atoms with van der Waals surface area (Å²) in [6.07, 6.45) is 3.05. The third-order valence-electron chi connectivity index (χ3n) is 4.09. The molecule has 118 valence electrons. The standard InChI is InChI=1S/C18H17NO4/c1-11(12-7-5-4-6-8-12)13-9-19(2)17(20)15-14(18(21)22-3)10-23-16(13)15/h4-11H,1-3H3. The number of nitrogens with zero attached hydrogens (tertiary/aromatic N) is 1. The van der Waals surface area contributed by atoms with Gasteiger partial charge < -0.3 is 13.7 Å². The molecule has 0 bridgehead atoms. The van der Waals surface area contributed by atoms with Crippen LogP contribution in [0.3, 0.4) is 0 Å². The van der Waals surface area contributed by atoms with E-state index in [-0.39, 0.29) is 22.4 Å². The van der Waals surface area contributed by atoms with Crippen LogP contribution in [-0.2, 0) is 11.8 Å². The number of pyridine rings is 1. The van der Waals surface area contributed by atoms with Gasteiger partial charge in [-0.25, -0.2) is 4.79 Å². The van der Waals surface area contributed by atoms with Crippen LogP contribution in [-0.4, -0.2) is 17.6 Å². The number of hydrogen-bond donors (Lipinski definition) is 0. The van der Waals surface area contributed by atoms with Crippen LogP contribution in [0.15, 0.2) is 52.0 Å². The number of ether oxygens (including phenoxy) is 1. The van der Waals surface area contributed by atoms with E-state index in [2.05, 4.69) is 0 Å². The Hall–Kier alpha value is -2.82. The van der Waals surface area contributed by atoms with E-state index in [4.69, 9.17) is 9.15 Å².